The van der Waals surface area contributed by atoms with E-state index < -0.39 is 10.8 Å². The standard InChI is InChI=1S/C68H45N/c1-4-20-46(21-5-1)50-42-51(47-22-6-2-7-23-47)44-54(43-50)69(52-24-8-3-9-25-52)53-39-36-48(37-40-53)49-38-41-58-57-28-12-15-31-61(57)68(66(58)45-49)64-34-18-16-32-62(64)67(63-33-17-19-35-65(63)68)59-29-13-10-26-55(59)56-27-11-14-30-60(56)67/h1-45H. The summed E-state index contributed by atoms with van der Waals surface area (Å²) in [6.07, 6.45) is 0. The summed E-state index contributed by atoms with van der Waals surface area (Å²) in [5.41, 5.74) is 25.4. The van der Waals surface area contributed by atoms with Gasteiger partial charge in [0.15, 0.2) is 0 Å². The lowest BCUT2D eigenvalue weighted by molar-refractivity contribution is 0.633. The largest absolute Gasteiger partial charge is 0.310 e. The molecular weight excluding hydrogens is 831 g/mol. The van der Waals surface area contributed by atoms with Crippen LogP contribution in [0.25, 0.3) is 55.6 Å². The van der Waals surface area contributed by atoms with Crippen molar-refractivity contribution in [3.8, 4) is 55.6 Å². The van der Waals surface area contributed by atoms with E-state index in [4.69, 9.17) is 0 Å². The van der Waals surface area contributed by atoms with Crippen molar-refractivity contribution in [1.82, 2.24) is 0 Å². The first-order valence-electron chi connectivity index (χ1n) is 24.1. The van der Waals surface area contributed by atoms with Crippen LogP contribution in [-0.2, 0) is 10.8 Å². The van der Waals surface area contributed by atoms with Gasteiger partial charge in [-0.1, -0.05) is 224 Å². The molecule has 0 fully saturated rings. The van der Waals surface area contributed by atoms with E-state index in [1.807, 2.05) is 0 Å². The molecule has 1 heteroatoms. The normalized spacial score (nSPS) is 13.7. The topological polar surface area (TPSA) is 3.24 Å². The molecule has 3 aliphatic carbocycles. The summed E-state index contributed by atoms with van der Waals surface area (Å²) >= 11 is 0. The van der Waals surface area contributed by atoms with E-state index >= 15 is 0 Å². The molecule has 14 rings (SSSR count). The van der Waals surface area contributed by atoms with E-state index in [9.17, 15) is 0 Å². The minimum Gasteiger partial charge on any atom is -0.310 e. The van der Waals surface area contributed by atoms with Crippen molar-refractivity contribution in [1.29, 1.82) is 0 Å². The Morgan fingerprint density at radius 3 is 0.986 bits per heavy atom. The number of fused-ring (bicyclic) bond motifs is 16. The van der Waals surface area contributed by atoms with Gasteiger partial charge in [0.1, 0.15) is 0 Å². The van der Waals surface area contributed by atoms with Crippen LogP contribution in [0.2, 0.25) is 0 Å². The van der Waals surface area contributed by atoms with Crippen LogP contribution < -0.4 is 4.90 Å². The van der Waals surface area contributed by atoms with Crippen LogP contribution in [0.5, 0.6) is 0 Å². The Hall–Kier alpha value is -8.78. The zero-order chi connectivity index (χ0) is 45.5. The molecule has 0 atom stereocenters. The van der Waals surface area contributed by atoms with E-state index in [1.54, 1.807) is 0 Å². The predicted octanol–water partition coefficient (Wildman–Crippen LogP) is 17.2. The third-order valence-electron chi connectivity index (χ3n) is 15.3. The maximum absolute atomic E-state index is 2.51. The molecule has 0 heterocycles. The van der Waals surface area contributed by atoms with Crippen molar-refractivity contribution in [2.24, 2.45) is 0 Å². The summed E-state index contributed by atoms with van der Waals surface area (Å²) in [5, 5.41) is 0. The highest BCUT2D eigenvalue weighted by atomic mass is 15.1. The third-order valence-corrected chi connectivity index (χ3v) is 15.3. The summed E-state index contributed by atoms with van der Waals surface area (Å²) in [7, 11) is 0. The molecule has 0 unspecified atom stereocenters. The fraction of sp³-hybridized carbons (Fsp3) is 0.0294. The molecule has 0 radical (unpaired) electrons. The number of hydrogen-bond acceptors (Lipinski definition) is 1. The highest BCUT2D eigenvalue weighted by Gasteiger charge is 2.58. The number of benzene rings is 11. The summed E-state index contributed by atoms with van der Waals surface area (Å²) in [5.74, 6) is 0. The average molecular weight is 876 g/mol. The number of rotatable bonds is 6. The van der Waals surface area contributed by atoms with Crippen molar-refractivity contribution in [2.45, 2.75) is 10.8 Å². The summed E-state index contributed by atoms with van der Waals surface area (Å²) < 4.78 is 0. The van der Waals surface area contributed by atoms with Crippen LogP contribution in [0.4, 0.5) is 17.1 Å². The second kappa shape index (κ2) is 15.4. The van der Waals surface area contributed by atoms with Gasteiger partial charge in [0.05, 0.1) is 10.8 Å². The van der Waals surface area contributed by atoms with Gasteiger partial charge in [0, 0.05) is 17.1 Å². The van der Waals surface area contributed by atoms with Crippen LogP contribution in [0.3, 0.4) is 0 Å². The minimum absolute atomic E-state index is 0.468. The van der Waals surface area contributed by atoms with Gasteiger partial charge in [0.2, 0.25) is 0 Å². The average Bonchev–Trinajstić information content (AvgIpc) is 3.89. The Balaban J connectivity index is 0.945. The molecular formula is C68H45N. The zero-order valence-electron chi connectivity index (χ0n) is 37.9. The molecule has 0 N–H and O–H groups in total. The smallest absolute Gasteiger partial charge is 0.0720 e. The summed E-state index contributed by atoms with van der Waals surface area (Å²) in [6, 6.07) is 102. The van der Waals surface area contributed by atoms with Crippen molar-refractivity contribution in [2.75, 3.05) is 4.90 Å². The first kappa shape index (κ1) is 39.4. The second-order valence-corrected chi connectivity index (χ2v) is 18.7. The number of anilines is 3. The Morgan fingerprint density at radius 2 is 0.522 bits per heavy atom. The van der Waals surface area contributed by atoms with Crippen LogP contribution in [-0.4, -0.2) is 0 Å². The van der Waals surface area contributed by atoms with Crippen molar-refractivity contribution >= 4 is 17.1 Å². The minimum atomic E-state index is -0.545. The lowest BCUT2D eigenvalue weighted by Gasteiger charge is -2.48. The molecule has 11 aromatic rings. The highest BCUT2D eigenvalue weighted by molar-refractivity contribution is 5.95. The van der Waals surface area contributed by atoms with Crippen molar-refractivity contribution in [3.05, 3.63) is 317 Å². The molecule has 1 nitrogen and oxygen atoms in total. The Bertz CT molecular complexity index is 3620. The Morgan fingerprint density at radius 1 is 0.188 bits per heavy atom. The predicted molar refractivity (Wildman–Crippen MR) is 286 cm³/mol. The first-order chi connectivity index (χ1) is 34.2. The lowest BCUT2D eigenvalue weighted by Crippen LogP contribution is -2.43. The van der Waals surface area contributed by atoms with Gasteiger partial charge in [-0.15, -0.1) is 0 Å². The molecule has 0 amide bonds. The van der Waals surface area contributed by atoms with Gasteiger partial charge in [-0.25, -0.2) is 0 Å². The molecule has 0 saturated carbocycles. The molecule has 322 valence electrons. The van der Waals surface area contributed by atoms with Gasteiger partial charge in [0.25, 0.3) is 0 Å². The van der Waals surface area contributed by atoms with Crippen LogP contribution in [0, 0.1) is 0 Å². The van der Waals surface area contributed by atoms with E-state index in [-0.39, 0.29) is 0 Å². The van der Waals surface area contributed by atoms with Gasteiger partial charge in [-0.3, -0.25) is 0 Å². The quantitative estimate of drug-likeness (QED) is 0.161. The second-order valence-electron chi connectivity index (χ2n) is 18.7. The molecule has 3 aliphatic rings. The monoisotopic (exact) mass is 875 g/mol. The maximum atomic E-state index is 2.51. The van der Waals surface area contributed by atoms with Gasteiger partial charge in [-0.05, 0) is 149 Å². The van der Waals surface area contributed by atoms with E-state index in [0.717, 1.165) is 17.1 Å². The van der Waals surface area contributed by atoms with Crippen molar-refractivity contribution < 1.29 is 0 Å². The molecule has 69 heavy (non-hydrogen) atoms. The van der Waals surface area contributed by atoms with Gasteiger partial charge >= 0.3 is 0 Å². The van der Waals surface area contributed by atoms with Gasteiger partial charge in [-0.2, -0.15) is 0 Å². The third kappa shape index (κ3) is 5.65. The first-order valence-corrected chi connectivity index (χ1v) is 24.1. The SMILES string of the molecule is c1ccc(-c2cc(-c3ccccc3)cc(N(c3ccccc3)c3ccc(-c4ccc5c(c4)C4(c6ccccc6-5)c5ccccc5C5(c6ccccc6-c6ccccc65)c5ccccc54)cc3)c2)cc1. The van der Waals surface area contributed by atoms with E-state index in [2.05, 4.69) is 278 Å². The fourth-order valence-corrected chi connectivity index (χ4v) is 12.6. The molecule has 0 aromatic heterocycles. The molecule has 0 saturated heterocycles. The van der Waals surface area contributed by atoms with Crippen LogP contribution >= 0.6 is 0 Å². The Labute approximate surface area is 403 Å². The molecule has 2 spiro atoms. The van der Waals surface area contributed by atoms with Crippen molar-refractivity contribution in [3.63, 3.8) is 0 Å². The van der Waals surface area contributed by atoms with Crippen LogP contribution in [0.1, 0.15) is 44.5 Å². The molecule has 0 aliphatic heterocycles. The fourth-order valence-electron chi connectivity index (χ4n) is 12.6. The Kier molecular flexibility index (Phi) is 8.78. The van der Waals surface area contributed by atoms with E-state index in [0.29, 0.717) is 0 Å². The maximum Gasteiger partial charge on any atom is 0.0720 e. The summed E-state index contributed by atoms with van der Waals surface area (Å²) in [6.45, 7) is 0. The highest BCUT2D eigenvalue weighted by Crippen LogP contribution is 2.67. The zero-order valence-corrected chi connectivity index (χ0v) is 37.9. The number of nitrogens with zero attached hydrogens (tertiary/aromatic N) is 1. The lowest BCUT2D eigenvalue weighted by atomic mass is 9.52. The molecule has 0 bridgehead atoms. The number of para-hydroxylation sites is 1. The van der Waals surface area contributed by atoms with Crippen LogP contribution in [0.15, 0.2) is 273 Å². The molecule has 11 aromatic carbocycles. The van der Waals surface area contributed by atoms with Gasteiger partial charge < -0.3 is 4.90 Å². The summed E-state index contributed by atoms with van der Waals surface area (Å²) in [4.78, 5) is 2.39. The van der Waals surface area contributed by atoms with E-state index in [1.165, 1.54) is 100 Å². The number of hydrogen-bond donors (Lipinski definition) is 0.